The molecular formula is C12H24O2S. The van der Waals surface area contributed by atoms with Gasteiger partial charge >= 0.3 is 0 Å². The summed E-state index contributed by atoms with van der Waals surface area (Å²) >= 11 is 1.34. The van der Waals surface area contributed by atoms with Gasteiger partial charge in [0.2, 0.25) is 0 Å². The van der Waals surface area contributed by atoms with Gasteiger partial charge in [0, 0.05) is 4.75 Å². The summed E-state index contributed by atoms with van der Waals surface area (Å²) in [6.45, 7) is 11.9. The van der Waals surface area contributed by atoms with E-state index in [4.69, 9.17) is 0 Å². The van der Waals surface area contributed by atoms with Crippen molar-refractivity contribution in [1.82, 2.24) is 0 Å². The average molecular weight is 232 g/mol. The van der Waals surface area contributed by atoms with Crippen LogP contribution in [0.25, 0.3) is 0 Å². The molecule has 0 amide bonds. The third-order valence-corrected chi connectivity index (χ3v) is 3.36. The maximum atomic E-state index is 11.9. The zero-order valence-corrected chi connectivity index (χ0v) is 11.5. The number of carbonyl (C=O) groups excluding carboxylic acids is 1. The van der Waals surface area contributed by atoms with Crippen molar-refractivity contribution >= 4 is 16.9 Å². The highest BCUT2D eigenvalue weighted by Gasteiger charge is 2.30. The van der Waals surface area contributed by atoms with Crippen LogP contribution in [0, 0.1) is 11.8 Å². The molecule has 0 radical (unpaired) electrons. The Balaban J connectivity index is 4.48. The van der Waals surface area contributed by atoms with Crippen LogP contribution in [0.1, 0.15) is 48.0 Å². The first-order valence-corrected chi connectivity index (χ1v) is 6.41. The van der Waals surface area contributed by atoms with Gasteiger partial charge in [0.15, 0.2) is 5.12 Å². The normalized spacial score (nSPS) is 16.5. The Bertz CT molecular complexity index is 206. The Hall–Kier alpha value is -0.0200. The van der Waals surface area contributed by atoms with Crippen molar-refractivity contribution in [1.29, 1.82) is 0 Å². The minimum atomic E-state index is -0.516. The van der Waals surface area contributed by atoms with E-state index in [-0.39, 0.29) is 21.7 Å². The van der Waals surface area contributed by atoms with Crippen molar-refractivity contribution in [3.8, 4) is 0 Å². The Morgan fingerprint density at radius 1 is 1.33 bits per heavy atom. The summed E-state index contributed by atoms with van der Waals surface area (Å²) in [5.41, 5.74) is 0. The third-order valence-electron chi connectivity index (χ3n) is 2.24. The minimum absolute atomic E-state index is 0.0683. The van der Waals surface area contributed by atoms with Crippen molar-refractivity contribution in [3.63, 3.8) is 0 Å². The smallest absolute Gasteiger partial charge is 0.195 e. The van der Waals surface area contributed by atoms with Gasteiger partial charge in [-0.1, -0.05) is 53.3 Å². The zero-order chi connectivity index (χ0) is 12.2. The predicted molar refractivity (Wildman–Crippen MR) is 67.0 cm³/mol. The largest absolute Gasteiger partial charge is 0.392 e. The summed E-state index contributed by atoms with van der Waals surface area (Å²) in [4.78, 5) is 11.9. The summed E-state index contributed by atoms with van der Waals surface area (Å²) in [5, 5.41) is 10.0. The van der Waals surface area contributed by atoms with Crippen LogP contribution in [0.2, 0.25) is 0 Å². The Labute approximate surface area is 97.8 Å². The molecule has 0 saturated carbocycles. The molecule has 0 rings (SSSR count). The fourth-order valence-corrected chi connectivity index (χ4v) is 2.45. The second-order valence-electron chi connectivity index (χ2n) is 5.28. The second kappa shape index (κ2) is 5.90. The molecule has 2 nitrogen and oxygen atoms in total. The molecule has 0 spiro atoms. The number of hydrogen-bond acceptors (Lipinski definition) is 3. The molecule has 0 aliphatic rings. The van der Waals surface area contributed by atoms with Gasteiger partial charge in [-0.05, 0) is 12.3 Å². The standard InChI is InChI=1S/C12H24O2S/c1-7-9(10(13)8(2)3)11(14)15-12(4,5)6/h8-10,13H,7H2,1-6H3/t9-,10-/m0/s1. The monoisotopic (exact) mass is 232 g/mol. The first-order valence-electron chi connectivity index (χ1n) is 5.60. The van der Waals surface area contributed by atoms with Crippen LogP contribution in [0.4, 0.5) is 0 Å². The van der Waals surface area contributed by atoms with Gasteiger partial charge in [-0.3, -0.25) is 4.79 Å². The molecule has 0 heterocycles. The quantitative estimate of drug-likeness (QED) is 0.809. The molecule has 0 fully saturated rings. The van der Waals surface area contributed by atoms with Crippen LogP contribution in [0.5, 0.6) is 0 Å². The van der Waals surface area contributed by atoms with Crippen molar-refractivity contribution < 1.29 is 9.90 Å². The fraction of sp³-hybridized carbons (Fsp3) is 0.917. The van der Waals surface area contributed by atoms with Gasteiger partial charge in [0.25, 0.3) is 0 Å². The molecule has 2 atom stereocenters. The van der Waals surface area contributed by atoms with Crippen LogP contribution in [-0.2, 0) is 4.79 Å². The predicted octanol–water partition coefficient (Wildman–Crippen LogP) is 3.09. The molecule has 0 unspecified atom stereocenters. The summed E-state index contributed by atoms with van der Waals surface area (Å²) in [7, 11) is 0. The number of carbonyl (C=O) groups is 1. The molecule has 90 valence electrons. The molecule has 0 bridgehead atoms. The van der Waals surface area contributed by atoms with E-state index >= 15 is 0 Å². The fourth-order valence-electron chi connectivity index (χ4n) is 1.39. The van der Waals surface area contributed by atoms with Gasteiger partial charge in [0.05, 0.1) is 12.0 Å². The molecule has 0 aliphatic heterocycles. The lowest BCUT2D eigenvalue weighted by molar-refractivity contribution is -0.118. The highest BCUT2D eigenvalue weighted by atomic mass is 32.2. The Kier molecular flexibility index (Phi) is 5.89. The molecule has 0 saturated heterocycles. The number of thioether (sulfide) groups is 1. The van der Waals surface area contributed by atoms with Crippen molar-refractivity contribution in [2.75, 3.05) is 0 Å². The van der Waals surface area contributed by atoms with Gasteiger partial charge in [-0.2, -0.15) is 0 Å². The molecular weight excluding hydrogens is 208 g/mol. The molecule has 3 heteroatoms. The van der Waals surface area contributed by atoms with Crippen LogP contribution in [0.3, 0.4) is 0 Å². The van der Waals surface area contributed by atoms with Gasteiger partial charge in [0.1, 0.15) is 0 Å². The lowest BCUT2D eigenvalue weighted by Gasteiger charge is -2.26. The van der Waals surface area contributed by atoms with Crippen LogP contribution >= 0.6 is 11.8 Å². The van der Waals surface area contributed by atoms with Crippen LogP contribution < -0.4 is 0 Å². The molecule has 0 aliphatic carbocycles. The van der Waals surface area contributed by atoms with Crippen molar-refractivity contribution in [3.05, 3.63) is 0 Å². The van der Waals surface area contributed by atoms with E-state index < -0.39 is 6.10 Å². The average Bonchev–Trinajstić information content (AvgIpc) is 2.01. The highest BCUT2D eigenvalue weighted by molar-refractivity contribution is 8.14. The Morgan fingerprint density at radius 3 is 2.07 bits per heavy atom. The van der Waals surface area contributed by atoms with E-state index in [0.717, 1.165) is 0 Å². The first kappa shape index (κ1) is 15.0. The minimum Gasteiger partial charge on any atom is -0.392 e. The van der Waals surface area contributed by atoms with E-state index in [2.05, 4.69) is 0 Å². The maximum Gasteiger partial charge on any atom is 0.195 e. The second-order valence-corrected chi connectivity index (χ2v) is 7.11. The lowest BCUT2D eigenvalue weighted by Crippen LogP contribution is -2.32. The number of aliphatic hydroxyl groups excluding tert-OH is 1. The van der Waals surface area contributed by atoms with Gasteiger partial charge < -0.3 is 5.11 Å². The topological polar surface area (TPSA) is 37.3 Å². The zero-order valence-electron chi connectivity index (χ0n) is 10.7. The molecule has 0 aromatic rings. The van der Waals surface area contributed by atoms with E-state index in [1.807, 2.05) is 41.5 Å². The van der Waals surface area contributed by atoms with Gasteiger partial charge in [-0.15, -0.1) is 0 Å². The summed E-state index contributed by atoms with van der Waals surface area (Å²) in [6.07, 6.45) is 0.193. The number of hydrogen-bond donors (Lipinski definition) is 1. The summed E-state index contributed by atoms with van der Waals surface area (Å²) in [5.74, 6) is -0.0892. The van der Waals surface area contributed by atoms with E-state index in [0.29, 0.717) is 6.42 Å². The van der Waals surface area contributed by atoms with E-state index in [1.165, 1.54) is 11.8 Å². The van der Waals surface area contributed by atoms with Crippen LogP contribution in [0.15, 0.2) is 0 Å². The Morgan fingerprint density at radius 2 is 1.80 bits per heavy atom. The highest BCUT2D eigenvalue weighted by Crippen LogP contribution is 2.30. The van der Waals surface area contributed by atoms with Crippen molar-refractivity contribution in [2.45, 2.75) is 58.8 Å². The molecule has 15 heavy (non-hydrogen) atoms. The van der Waals surface area contributed by atoms with Crippen molar-refractivity contribution in [2.24, 2.45) is 11.8 Å². The number of rotatable bonds is 4. The van der Waals surface area contributed by atoms with Gasteiger partial charge in [-0.25, -0.2) is 0 Å². The third kappa shape index (κ3) is 5.57. The van der Waals surface area contributed by atoms with Crippen LogP contribution in [-0.4, -0.2) is 21.1 Å². The lowest BCUT2D eigenvalue weighted by atomic mass is 9.92. The van der Waals surface area contributed by atoms with E-state index in [9.17, 15) is 9.90 Å². The molecule has 1 N–H and O–H groups in total. The molecule has 0 aromatic heterocycles. The maximum absolute atomic E-state index is 11.9. The summed E-state index contributed by atoms with van der Waals surface area (Å²) < 4.78 is -0.0683. The summed E-state index contributed by atoms with van der Waals surface area (Å²) in [6, 6.07) is 0. The SMILES string of the molecule is CC[C@H](C(=O)SC(C)(C)C)[C@@H](O)C(C)C. The number of aliphatic hydroxyl groups is 1. The first-order chi connectivity index (χ1) is 6.69. The van der Waals surface area contributed by atoms with E-state index in [1.54, 1.807) is 0 Å². The molecule has 0 aromatic carbocycles.